The second-order valence-corrected chi connectivity index (χ2v) is 5.76. The number of carbonyl (C=O) groups is 1. The third-order valence-electron chi connectivity index (χ3n) is 4.72. The molecule has 2 aliphatic heterocycles. The van der Waals surface area contributed by atoms with Crippen LogP contribution in [0.4, 0.5) is 0 Å². The molecule has 0 bridgehead atoms. The lowest BCUT2D eigenvalue weighted by atomic mass is 9.75. The van der Waals surface area contributed by atoms with E-state index in [1.807, 2.05) is 24.3 Å². The number of hydrogen-bond donors (Lipinski definition) is 2. The zero-order chi connectivity index (χ0) is 14.0. The number of piperidine rings is 1. The molecule has 0 spiro atoms. The van der Waals surface area contributed by atoms with E-state index in [-0.39, 0.29) is 17.4 Å². The Kier molecular flexibility index (Phi) is 3.66. The summed E-state index contributed by atoms with van der Waals surface area (Å²) in [4.78, 5) is 12.7. The Labute approximate surface area is 119 Å². The predicted octanol–water partition coefficient (Wildman–Crippen LogP) is 2.02. The van der Waals surface area contributed by atoms with Gasteiger partial charge in [0.25, 0.3) is 0 Å². The Morgan fingerprint density at radius 3 is 2.90 bits per heavy atom. The molecule has 108 valence electrons. The van der Waals surface area contributed by atoms with Crippen molar-refractivity contribution in [3.05, 3.63) is 29.8 Å². The SMILES string of the molecule is CCC1(C(=O)NC2COc3ccccc32)CCNCC1. The number of amides is 1. The summed E-state index contributed by atoms with van der Waals surface area (Å²) in [7, 11) is 0. The number of carbonyl (C=O) groups excluding carboxylic acids is 1. The number of para-hydroxylation sites is 1. The molecule has 1 fully saturated rings. The molecule has 3 rings (SSSR count). The number of nitrogens with one attached hydrogen (secondary N) is 2. The van der Waals surface area contributed by atoms with Gasteiger partial charge in [-0.3, -0.25) is 4.79 Å². The van der Waals surface area contributed by atoms with E-state index in [0.717, 1.165) is 43.7 Å². The second-order valence-electron chi connectivity index (χ2n) is 5.76. The third kappa shape index (κ3) is 2.29. The van der Waals surface area contributed by atoms with Gasteiger partial charge in [0.2, 0.25) is 5.91 Å². The van der Waals surface area contributed by atoms with Crippen molar-refractivity contribution < 1.29 is 9.53 Å². The van der Waals surface area contributed by atoms with Crippen LogP contribution in [0.5, 0.6) is 5.75 Å². The zero-order valence-corrected chi connectivity index (χ0v) is 11.9. The van der Waals surface area contributed by atoms with Crippen LogP contribution in [0.25, 0.3) is 0 Å². The lowest BCUT2D eigenvalue weighted by Crippen LogP contribution is -2.48. The van der Waals surface area contributed by atoms with Gasteiger partial charge in [0, 0.05) is 5.56 Å². The van der Waals surface area contributed by atoms with Crippen LogP contribution in [0.1, 0.15) is 37.8 Å². The molecule has 4 nitrogen and oxygen atoms in total. The summed E-state index contributed by atoms with van der Waals surface area (Å²) >= 11 is 0. The first-order valence-electron chi connectivity index (χ1n) is 7.48. The zero-order valence-electron chi connectivity index (χ0n) is 11.9. The second kappa shape index (κ2) is 5.44. The van der Waals surface area contributed by atoms with E-state index >= 15 is 0 Å². The monoisotopic (exact) mass is 274 g/mol. The first-order chi connectivity index (χ1) is 9.75. The maximum Gasteiger partial charge on any atom is 0.226 e. The molecular formula is C16H22N2O2. The van der Waals surface area contributed by atoms with Crippen molar-refractivity contribution in [3.8, 4) is 5.75 Å². The van der Waals surface area contributed by atoms with Crippen LogP contribution in [-0.2, 0) is 4.79 Å². The Morgan fingerprint density at radius 2 is 2.15 bits per heavy atom. The van der Waals surface area contributed by atoms with Crippen LogP contribution < -0.4 is 15.4 Å². The van der Waals surface area contributed by atoms with Gasteiger partial charge in [0.05, 0.1) is 11.5 Å². The Morgan fingerprint density at radius 1 is 1.40 bits per heavy atom. The fourth-order valence-electron chi connectivity index (χ4n) is 3.24. The number of rotatable bonds is 3. The Hall–Kier alpha value is -1.55. The molecule has 1 unspecified atom stereocenters. The molecule has 2 heterocycles. The van der Waals surface area contributed by atoms with Gasteiger partial charge >= 0.3 is 0 Å². The van der Waals surface area contributed by atoms with E-state index in [9.17, 15) is 4.79 Å². The minimum Gasteiger partial charge on any atom is -0.491 e. The van der Waals surface area contributed by atoms with Crippen molar-refractivity contribution >= 4 is 5.91 Å². The average molecular weight is 274 g/mol. The molecule has 2 N–H and O–H groups in total. The molecule has 20 heavy (non-hydrogen) atoms. The standard InChI is InChI=1S/C16H22N2O2/c1-2-16(7-9-17-10-8-16)15(19)18-13-11-20-14-6-4-3-5-12(13)14/h3-6,13,17H,2,7-11H2,1H3,(H,18,19). The summed E-state index contributed by atoms with van der Waals surface area (Å²) in [5, 5.41) is 6.54. The van der Waals surface area contributed by atoms with Crippen LogP contribution in [0, 0.1) is 5.41 Å². The topological polar surface area (TPSA) is 50.4 Å². The van der Waals surface area contributed by atoms with E-state index in [2.05, 4.69) is 17.6 Å². The fourth-order valence-corrected chi connectivity index (χ4v) is 3.24. The third-order valence-corrected chi connectivity index (χ3v) is 4.72. The van der Waals surface area contributed by atoms with Crippen molar-refractivity contribution in [1.82, 2.24) is 10.6 Å². The smallest absolute Gasteiger partial charge is 0.226 e. The van der Waals surface area contributed by atoms with Crippen molar-refractivity contribution in [2.75, 3.05) is 19.7 Å². The van der Waals surface area contributed by atoms with Crippen molar-refractivity contribution in [3.63, 3.8) is 0 Å². The molecule has 1 amide bonds. The van der Waals surface area contributed by atoms with Crippen LogP contribution in [0.15, 0.2) is 24.3 Å². The van der Waals surface area contributed by atoms with E-state index in [1.54, 1.807) is 0 Å². The average Bonchev–Trinajstić information content (AvgIpc) is 2.91. The highest BCUT2D eigenvalue weighted by molar-refractivity contribution is 5.83. The normalized spacial score (nSPS) is 23.8. The van der Waals surface area contributed by atoms with Crippen molar-refractivity contribution in [1.29, 1.82) is 0 Å². The van der Waals surface area contributed by atoms with Gasteiger partial charge in [-0.2, -0.15) is 0 Å². The summed E-state index contributed by atoms with van der Waals surface area (Å²) < 4.78 is 5.64. The van der Waals surface area contributed by atoms with Gasteiger partial charge < -0.3 is 15.4 Å². The van der Waals surface area contributed by atoms with Gasteiger partial charge in [-0.15, -0.1) is 0 Å². The van der Waals surface area contributed by atoms with E-state index < -0.39 is 0 Å². The lowest BCUT2D eigenvalue weighted by molar-refractivity contribution is -0.133. The van der Waals surface area contributed by atoms with Crippen LogP contribution in [-0.4, -0.2) is 25.6 Å². The van der Waals surface area contributed by atoms with Gasteiger partial charge in [-0.1, -0.05) is 25.1 Å². The molecule has 1 aromatic carbocycles. The molecule has 4 heteroatoms. The first-order valence-corrected chi connectivity index (χ1v) is 7.48. The van der Waals surface area contributed by atoms with Crippen molar-refractivity contribution in [2.45, 2.75) is 32.2 Å². The molecule has 1 aromatic rings. The number of hydrogen-bond acceptors (Lipinski definition) is 3. The molecule has 1 saturated heterocycles. The maximum absolute atomic E-state index is 12.7. The first kappa shape index (κ1) is 13.4. The summed E-state index contributed by atoms with van der Waals surface area (Å²) in [5.74, 6) is 1.08. The molecule has 0 saturated carbocycles. The van der Waals surface area contributed by atoms with E-state index in [4.69, 9.17) is 4.74 Å². The Balaban J connectivity index is 1.73. The fraction of sp³-hybridized carbons (Fsp3) is 0.562. The maximum atomic E-state index is 12.7. The minimum atomic E-state index is -0.206. The lowest BCUT2D eigenvalue weighted by Gasteiger charge is -2.36. The molecule has 0 aliphatic carbocycles. The quantitative estimate of drug-likeness (QED) is 0.886. The van der Waals surface area contributed by atoms with Gasteiger partial charge in [-0.25, -0.2) is 0 Å². The predicted molar refractivity (Wildman–Crippen MR) is 77.6 cm³/mol. The highest BCUT2D eigenvalue weighted by Crippen LogP contribution is 2.36. The van der Waals surface area contributed by atoms with Crippen LogP contribution in [0.2, 0.25) is 0 Å². The highest BCUT2D eigenvalue weighted by Gasteiger charge is 2.39. The van der Waals surface area contributed by atoms with Crippen LogP contribution >= 0.6 is 0 Å². The number of benzene rings is 1. The molecule has 1 atom stereocenters. The number of fused-ring (bicyclic) bond motifs is 1. The minimum absolute atomic E-state index is 0.00277. The molecule has 0 radical (unpaired) electrons. The van der Waals surface area contributed by atoms with Crippen molar-refractivity contribution in [2.24, 2.45) is 5.41 Å². The summed E-state index contributed by atoms with van der Waals surface area (Å²) in [6, 6.07) is 7.95. The molecule has 2 aliphatic rings. The van der Waals surface area contributed by atoms with Gasteiger partial charge in [-0.05, 0) is 38.4 Å². The van der Waals surface area contributed by atoms with E-state index in [1.165, 1.54) is 0 Å². The van der Waals surface area contributed by atoms with Gasteiger partial charge in [0.15, 0.2) is 0 Å². The molecular weight excluding hydrogens is 252 g/mol. The highest BCUT2D eigenvalue weighted by atomic mass is 16.5. The summed E-state index contributed by atoms with van der Waals surface area (Å²) in [6.07, 6.45) is 2.74. The van der Waals surface area contributed by atoms with Gasteiger partial charge in [0.1, 0.15) is 12.4 Å². The summed E-state index contributed by atoms with van der Waals surface area (Å²) in [5.41, 5.74) is 0.893. The number of ether oxygens (including phenoxy) is 1. The molecule has 0 aromatic heterocycles. The Bertz CT molecular complexity index is 495. The van der Waals surface area contributed by atoms with E-state index in [0.29, 0.717) is 6.61 Å². The largest absolute Gasteiger partial charge is 0.491 e. The van der Waals surface area contributed by atoms with Crippen LogP contribution in [0.3, 0.4) is 0 Å². The summed E-state index contributed by atoms with van der Waals surface area (Å²) in [6.45, 7) is 4.52.